The van der Waals surface area contributed by atoms with Crippen molar-refractivity contribution in [1.82, 2.24) is 0 Å². The summed E-state index contributed by atoms with van der Waals surface area (Å²) in [4.78, 5) is 2.19. The van der Waals surface area contributed by atoms with Crippen LogP contribution in [-0.4, -0.2) is 19.1 Å². The van der Waals surface area contributed by atoms with Gasteiger partial charge in [0.15, 0.2) is 5.88 Å². The van der Waals surface area contributed by atoms with Crippen LogP contribution in [0.2, 0.25) is 0 Å². The molecule has 3 nitrogen and oxygen atoms in total. The van der Waals surface area contributed by atoms with Gasteiger partial charge in [-0.05, 0) is 26.8 Å². The summed E-state index contributed by atoms with van der Waals surface area (Å²) in [5, 5.41) is 0. The van der Waals surface area contributed by atoms with Gasteiger partial charge in [-0.3, -0.25) is 0 Å². The molecule has 14 heavy (non-hydrogen) atoms. The Hall–Kier alpha value is -0.960. The molecular formula is C11H20N2O. The fourth-order valence-corrected chi connectivity index (χ4v) is 1.50. The zero-order valence-corrected chi connectivity index (χ0v) is 9.29. The third-order valence-corrected chi connectivity index (χ3v) is 2.25. The van der Waals surface area contributed by atoms with Gasteiger partial charge in [0.2, 0.25) is 0 Å². The normalized spacial score (nSPS) is 12.9. The monoisotopic (exact) mass is 196 g/mol. The van der Waals surface area contributed by atoms with Crippen LogP contribution in [0, 0.1) is 0 Å². The first-order valence-corrected chi connectivity index (χ1v) is 5.26. The maximum Gasteiger partial charge on any atom is 0.195 e. The Balaban J connectivity index is 2.66. The summed E-state index contributed by atoms with van der Waals surface area (Å²) >= 11 is 0. The Labute approximate surface area is 85.9 Å². The van der Waals surface area contributed by atoms with Gasteiger partial charge >= 0.3 is 0 Å². The van der Waals surface area contributed by atoms with Gasteiger partial charge in [-0.15, -0.1) is 0 Å². The molecule has 0 bridgehead atoms. The number of nitrogens with zero attached hydrogens (tertiary/aromatic N) is 1. The highest BCUT2D eigenvalue weighted by molar-refractivity contribution is 5.36. The molecule has 1 rings (SSSR count). The molecule has 0 spiro atoms. The van der Waals surface area contributed by atoms with Gasteiger partial charge in [-0.2, -0.15) is 0 Å². The highest BCUT2D eigenvalue weighted by Gasteiger charge is 2.08. The van der Waals surface area contributed by atoms with Crippen LogP contribution in [0.1, 0.15) is 26.5 Å². The van der Waals surface area contributed by atoms with E-state index in [1.807, 2.05) is 19.1 Å². The second kappa shape index (κ2) is 5.05. The van der Waals surface area contributed by atoms with E-state index in [9.17, 15) is 0 Å². The number of nitrogens with two attached hydrogens (primary N) is 1. The quantitative estimate of drug-likeness (QED) is 0.783. The van der Waals surface area contributed by atoms with Crippen molar-refractivity contribution in [3.05, 3.63) is 17.9 Å². The van der Waals surface area contributed by atoms with Crippen molar-refractivity contribution in [3.63, 3.8) is 0 Å². The van der Waals surface area contributed by atoms with Crippen molar-refractivity contribution in [1.29, 1.82) is 0 Å². The van der Waals surface area contributed by atoms with Gasteiger partial charge in [0.05, 0.1) is 0 Å². The maximum atomic E-state index is 5.70. The highest BCUT2D eigenvalue weighted by Crippen LogP contribution is 2.18. The predicted octanol–water partition coefficient (Wildman–Crippen LogP) is 2.02. The van der Waals surface area contributed by atoms with Crippen LogP contribution in [0.15, 0.2) is 16.5 Å². The third-order valence-electron chi connectivity index (χ3n) is 2.25. The van der Waals surface area contributed by atoms with E-state index >= 15 is 0 Å². The lowest BCUT2D eigenvalue weighted by Gasteiger charge is -2.16. The molecule has 0 aliphatic heterocycles. The molecule has 1 aromatic heterocycles. The van der Waals surface area contributed by atoms with Crippen molar-refractivity contribution in [3.8, 4) is 0 Å². The van der Waals surface area contributed by atoms with Crippen molar-refractivity contribution in [2.75, 3.05) is 18.0 Å². The van der Waals surface area contributed by atoms with Gasteiger partial charge in [-0.25, -0.2) is 0 Å². The summed E-state index contributed by atoms with van der Waals surface area (Å²) in [7, 11) is 0. The minimum atomic E-state index is 0.158. The molecule has 0 aliphatic carbocycles. The number of hydrogen-bond acceptors (Lipinski definition) is 3. The molecule has 2 N–H and O–H groups in total. The standard InChI is InChI=1S/C11H20N2O/c1-4-13(5-2)11-7-6-10(14-11)8-9(3)12/h6-7,9H,4-5,8,12H2,1-3H3. The fourth-order valence-electron chi connectivity index (χ4n) is 1.50. The molecule has 1 unspecified atom stereocenters. The van der Waals surface area contributed by atoms with Crippen LogP contribution in [-0.2, 0) is 6.42 Å². The summed E-state index contributed by atoms with van der Waals surface area (Å²) in [6.07, 6.45) is 0.807. The summed E-state index contributed by atoms with van der Waals surface area (Å²) in [6, 6.07) is 4.19. The van der Waals surface area contributed by atoms with Gasteiger partial charge in [0.25, 0.3) is 0 Å². The SMILES string of the molecule is CCN(CC)c1ccc(CC(C)N)o1. The molecule has 1 aromatic rings. The molecule has 0 amide bonds. The minimum Gasteiger partial charge on any atom is -0.446 e. The van der Waals surface area contributed by atoms with Crippen molar-refractivity contribution in [2.24, 2.45) is 5.73 Å². The molecule has 80 valence electrons. The van der Waals surface area contributed by atoms with Crippen molar-refractivity contribution >= 4 is 5.88 Å². The van der Waals surface area contributed by atoms with E-state index in [0.29, 0.717) is 0 Å². The molecule has 0 fully saturated rings. The molecule has 0 saturated carbocycles. The molecule has 1 heterocycles. The zero-order valence-electron chi connectivity index (χ0n) is 9.29. The van der Waals surface area contributed by atoms with Gasteiger partial charge in [-0.1, -0.05) is 0 Å². The number of anilines is 1. The average molecular weight is 196 g/mol. The van der Waals surface area contributed by atoms with E-state index in [1.54, 1.807) is 0 Å². The smallest absolute Gasteiger partial charge is 0.195 e. The summed E-state index contributed by atoms with van der Waals surface area (Å²) in [5.41, 5.74) is 5.70. The van der Waals surface area contributed by atoms with Crippen LogP contribution in [0.5, 0.6) is 0 Å². The van der Waals surface area contributed by atoms with Crippen LogP contribution in [0.4, 0.5) is 5.88 Å². The lowest BCUT2D eigenvalue weighted by atomic mass is 10.2. The third kappa shape index (κ3) is 2.77. The maximum absolute atomic E-state index is 5.70. The number of rotatable bonds is 5. The van der Waals surface area contributed by atoms with E-state index < -0.39 is 0 Å². The number of hydrogen-bond donors (Lipinski definition) is 1. The number of furan rings is 1. The largest absolute Gasteiger partial charge is 0.446 e. The van der Waals surface area contributed by atoms with E-state index in [0.717, 1.165) is 31.2 Å². The van der Waals surface area contributed by atoms with Crippen LogP contribution in [0.3, 0.4) is 0 Å². The first-order chi connectivity index (χ1) is 6.67. The predicted molar refractivity (Wildman–Crippen MR) is 59.6 cm³/mol. The molecule has 3 heteroatoms. The Morgan fingerprint density at radius 1 is 1.36 bits per heavy atom. The van der Waals surface area contributed by atoms with Gasteiger partial charge in [0.1, 0.15) is 5.76 Å². The highest BCUT2D eigenvalue weighted by atomic mass is 16.4. The van der Waals surface area contributed by atoms with E-state index in [2.05, 4.69) is 18.7 Å². The molecule has 0 aromatic carbocycles. The first kappa shape index (κ1) is 11.1. The fraction of sp³-hybridized carbons (Fsp3) is 0.636. The van der Waals surface area contributed by atoms with Crippen molar-refractivity contribution in [2.45, 2.75) is 33.2 Å². The summed E-state index contributed by atoms with van der Waals surface area (Å²) < 4.78 is 5.68. The van der Waals surface area contributed by atoms with Crippen molar-refractivity contribution < 1.29 is 4.42 Å². The second-order valence-electron chi connectivity index (χ2n) is 3.59. The van der Waals surface area contributed by atoms with E-state index in [4.69, 9.17) is 10.2 Å². The second-order valence-corrected chi connectivity index (χ2v) is 3.59. The van der Waals surface area contributed by atoms with Crippen LogP contribution in [0.25, 0.3) is 0 Å². The topological polar surface area (TPSA) is 42.4 Å². The summed E-state index contributed by atoms with van der Waals surface area (Å²) in [5.74, 6) is 1.92. The molecular weight excluding hydrogens is 176 g/mol. The summed E-state index contributed by atoms with van der Waals surface area (Å²) in [6.45, 7) is 8.18. The van der Waals surface area contributed by atoms with E-state index in [-0.39, 0.29) is 6.04 Å². The lowest BCUT2D eigenvalue weighted by Crippen LogP contribution is -2.21. The van der Waals surface area contributed by atoms with Crippen LogP contribution >= 0.6 is 0 Å². The van der Waals surface area contributed by atoms with E-state index in [1.165, 1.54) is 0 Å². The van der Waals surface area contributed by atoms with Gasteiger partial charge in [0, 0.05) is 31.6 Å². The Kier molecular flexibility index (Phi) is 4.01. The molecule has 1 atom stereocenters. The average Bonchev–Trinajstić information content (AvgIpc) is 2.54. The van der Waals surface area contributed by atoms with Gasteiger partial charge < -0.3 is 15.1 Å². The Morgan fingerprint density at radius 3 is 2.50 bits per heavy atom. The molecule has 0 saturated heterocycles. The lowest BCUT2D eigenvalue weighted by molar-refractivity contribution is 0.485. The zero-order chi connectivity index (χ0) is 10.6. The Morgan fingerprint density at radius 2 is 2.00 bits per heavy atom. The molecule has 0 radical (unpaired) electrons. The first-order valence-electron chi connectivity index (χ1n) is 5.26. The Bertz CT molecular complexity index is 264. The minimum absolute atomic E-state index is 0.158. The molecule has 0 aliphatic rings. The van der Waals surface area contributed by atoms with Crippen LogP contribution < -0.4 is 10.6 Å².